The van der Waals surface area contributed by atoms with Crippen LogP contribution in [0.15, 0.2) is 12.4 Å². The SMILES string of the molecule is CC(C)c1nccn1CC1CNCCO1. The van der Waals surface area contributed by atoms with Crippen molar-refractivity contribution in [1.29, 1.82) is 0 Å². The monoisotopic (exact) mass is 209 g/mol. The Morgan fingerprint density at radius 1 is 1.67 bits per heavy atom. The molecule has 1 atom stereocenters. The van der Waals surface area contributed by atoms with Crippen LogP contribution < -0.4 is 5.32 Å². The number of aromatic nitrogens is 2. The highest BCUT2D eigenvalue weighted by molar-refractivity contribution is 4.98. The van der Waals surface area contributed by atoms with Gasteiger partial charge in [-0.25, -0.2) is 4.98 Å². The van der Waals surface area contributed by atoms with Gasteiger partial charge in [-0.15, -0.1) is 0 Å². The first kappa shape index (κ1) is 10.6. The van der Waals surface area contributed by atoms with Crippen LogP contribution in [0, 0.1) is 0 Å². The number of imidazole rings is 1. The molecule has 0 spiro atoms. The highest BCUT2D eigenvalue weighted by atomic mass is 16.5. The number of ether oxygens (including phenoxy) is 1. The van der Waals surface area contributed by atoms with E-state index in [0.717, 1.165) is 32.1 Å². The summed E-state index contributed by atoms with van der Waals surface area (Å²) in [5.74, 6) is 1.61. The zero-order valence-electron chi connectivity index (χ0n) is 9.44. The summed E-state index contributed by atoms with van der Waals surface area (Å²) >= 11 is 0. The topological polar surface area (TPSA) is 39.1 Å². The molecule has 0 amide bonds. The van der Waals surface area contributed by atoms with Gasteiger partial charge in [0, 0.05) is 31.4 Å². The Morgan fingerprint density at radius 2 is 2.53 bits per heavy atom. The van der Waals surface area contributed by atoms with E-state index in [4.69, 9.17) is 4.74 Å². The second-order valence-electron chi connectivity index (χ2n) is 4.29. The van der Waals surface area contributed by atoms with Crippen LogP contribution >= 0.6 is 0 Å². The van der Waals surface area contributed by atoms with Crippen LogP contribution in [-0.4, -0.2) is 35.4 Å². The van der Waals surface area contributed by atoms with E-state index in [1.807, 2.05) is 12.4 Å². The number of nitrogens with one attached hydrogen (secondary N) is 1. The minimum Gasteiger partial charge on any atom is -0.374 e. The van der Waals surface area contributed by atoms with Crippen LogP contribution in [0.25, 0.3) is 0 Å². The third kappa shape index (κ3) is 2.58. The summed E-state index contributed by atoms with van der Waals surface area (Å²) in [7, 11) is 0. The van der Waals surface area contributed by atoms with Crippen molar-refractivity contribution in [3.63, 3.8) is 0 Å². The Bertz CT molecular complexity index is 303. The fourth-order valence-electron chi connectivity index (χ4n) is 1.93. The zero-order valence-corrected chi connectivity index (χ0v) is 9.44. The second-order valence-corrected chi connectivity index (χ2v) is 4.29. The molecule has 1 aliphatic rings. The summed E-state index contributed by atoms with van der Waals surface area (Å²) in [6.07, 6.45) is 4.18. The Kier molecular flexibility index (Phi) is 3.38. The van der Waals surface area contributed by atoms with Gasteiger partial charge in [0.1, 0.15) is 5.82 Å². The average Bonchev–Trinajstić information content (AvgIpc) is 2.67. The summed E-state index contributed by atoms with van der Waals surface area (Å²) in [6.45, 7) is 7.96. The second kappa shape index (κ2) is 4.77. The summed E-state index contributed by atoms with van der Waals surface area (Å²) in [5, 5.41) is 3.34. The molecule has 0 saturated carbocycles. The van der Waals surface area contributed by atoms with Crippen molar-refractivity contribution in [2.45, 2.75) is 32.4 Å². The largest absolute Gasteiger partial charge is 0.374 e. The third-order valence-corrected chi connectivity index (χ3v) is 2.67. The number of hydrogen-bond donors (Lipinski definition) is 1. The first-order valence-electron chi connectivity index (χ1n) is 5.60. The molecule has 4 nitrogen and oxygen atoms in total. The van der Waals surface area contributed by atoms with Crippen molar-refractivity contribution in [3.05, 3.63) is 18.2 Å². The van der Waals surface area contributed by atoms with Crippen molar-refractivity contribution in [3.8, 4) is 0 Å². The molecule has 1 aliphatic heterocycles. The summed E-state index contributed by atoms with van der Waals surface area (Å²) < 4.78 is 7.87. The fourth-order valence-corrected chi connectivity index (χ4v) is 1.93. The van der Waals surface area contributed by atoms with Crippen LogP contribution in [0.2, 0.25) is 0 Å². The van der Waals surface area contributed by atoms with Gasteiger partial charge < -0.3 is 14.6 Å². The number of rotatable bonds is 3. The standard InChI is InChI=1S/C11H19N3O/c1-9(2)11-13-3-5-14(11)8-10-7-12-4-6-15-10/h3,5,9-10,12H,4,6-8H2,1-2H3. The summed E-state index contributed by atoms with van der Waals surface area (Å²) in [6, 6.07) is 0. The molecule has 0 aliphatic carbocycles. The molecular formula is C11H19N3O. The van der Waals surface area contributed by atoms with Crippen molar-refractivity contribution < 1.29 is 4.74 Å². The minimum absolute atomic E-state index is 0.283. The van der Waals surface area contributed by atoms with Crippen molar-refractivity contribution in [2.24, 2.45) is 0 Å². The molecular weight excluding hydrogens is 190 g/mol. The molecule has 0 bridgehead atoms. The van der Waals surface area contributed by atoms with E-state index in [1.54, 1.807) is 0 Å². The molecule has 1 aromatic rings. The van der Waals surface area contributed by atoms with Crippen molar-refractivity contribution >= 4 is 0 Å². The van der Waals surface area contributed by atoms with Crippen LogP contribution in [0.4, 0.5) is 0 Å². The molecule has 1 saturated heterocycles. The maximum atomic E-state index is 5.67. The van der Waals surface area contributed by atoms with Gasteiger partial charge in [-0.1, -0.05) is 13.8 Å². The molecule has 2 heterocycles. The molecule has 1 fully saturated rings. The van der Waals surface area contributed by atoms with E-state index in [-0.39, 0.29) is 6.10 Å². The smallest absolute Gasteiger partial charge is 0.111 e. The first-order chi connectivity index (χ1) is 7.27. The van der Waals surface area contributed by atoms with Crippen molar-refractivity contribution in [2.75, 3.05) is 19.7 Å². The van der Waals surface area contributed by atoms with E-state index in [0.29, 0.717) is 5.92 Å². The minimum atomic E-state index is 0.283. The van der Waals surface area contributed by atoms with E-state index in [1.165, 1.54) is 0 Å². The number of nitrogens with zero attached hydrogens (tertiary/aromatic N) is 2. The van der Waals surface area contributed by atoms with E-state index in [9.17, 15) is 0 Å². The normalized spacial score (nSPS) is 22.2. The molecule has 2 rings (SSSR count). The number of morpholine rings is 1. The zero-order chi connectivity index (χ0) is 10.7. The highest BCUT2D eigenvalue weighted by Crippen LogP contribution is 2.13. The first-order valence-corrected chi connectivity index (χ1v) is 5.60. The lowest BCUT2D eigenvalue weighted by molar-refractivity contribution is 0.0176. The van der Waals surface area contributed by atoms with E-state index in [2.05, 4.69) is 28.7 Å². The van der Waals surface area contributed by atoms with Crippen LogP contribution in [0.1, 0.15) is 25.6 Å². The lowest BCUT2D eigenvalue weighted by Crippen LogP contribution is -2.40. The van der Waals surface area contributed by atoms with Crippen molar-refractivity contribution in [1.82, 2.24) is 14.9 Å². The average molecular weight is 209 g/mol. The lowest BCUT2D eigenvalue weighted by atomic mass is 10.2. The van der Waals surface area contributed by atoms with Gasteiger partial charge in [0.2, 0.25) is 0 Å². The molecule has 84 valence electrons. The summed E-state index contributed by atoms with van der Waals surface area (Å²) in [5.41, 5.74) is 0. The van der Waals surface area contributed by atoms with E-state index >= 15 is 0 Å². The van der Waals surface area contributed by atoms with Crippen LogP contribution in [-0.2, 0) is 11.3 Å². The molecule has 15 heavy (non-hydrogen) atoms. The Labute approximate surface area is 90.6 Å². The number of hydrogen-bond acceptors (Lipinski definition) is 3. The molecule has 1 unspecified atom stereocenters. The van der Waals surface area contributed by atoms with Crippen LogP contribution in [0.3, 0.4) is 0 Å². The Hall–Kier alpha value is -0.870. The quantitative estimate of drug-likeness (QED) is 0.807. The van der Waals surface area contributed by atoms with Gasteiger partial charge in [0.15, 0.2) is 0 Å². The predicted octanol–water partition coefficient (Wildman–Crippen LogP) is 0.995. The maximum Gasteiger partial charge on any atom is 0.111 e. The molecule has 4 heteroatoms. The molecule has 0 aromatic carbocycles. The third-order valence-electron chi connectivity index (χ3n) is 2.67. The molecule has 0 radical (unpaired) electrons. The molecule has 1 aromatic heterocycles. The Balaban J connectivity index is 1.99. The van der Waals surface area contributed by atoms with Gasteiger partial charge in [0.25, 0.3) is 0 Å². The highest BCUT2D eigenvalue weighted by Gasteiger charge is 2.16. The summed E-state index contributed by atoms with van der Waals surface area (Å²) in [4.78, 5) is 4.37. The van der Waals surface area contributed by atoms with Gasteiger partial charge in [-0.05, 0) is 0 Å². The van der Waals surface area contributed by atoms with Crippen LogP contribution in [0.5, 0.6) is 0 Å². The molecule has 1 N–H and O–H groups in total. The predicted molar refractivity (Wildman–Crippen MR) is 58.9 cm³/mol. The lowest BCUT2D eigenvalue weighted by Gasteiger charge is -2.24. The maximum absolute atomic E-state index is 5.67. The van der Waals surface area contributed by atoms with Gasteiger partial charge in [-0.3, -0.25) is 0 Å². The fraction of sp³-hybridized carbons (Fsp3) is 0.727. The Morgan fingerprint density at radius 3 is 3.20 bits per heavy atom. The van der Waals surface area contributed by atoms with Gasteiger partial charge in [-0.2, -0.15) is 0 Å². The van der Waals surface area contributed by atoms with E-state index < -0.39 is 0 Å². The van der Waals surface area contributed by atoms with Gasteiger partial charge >= 0.3 is 0 Å². The van der Waals surface area contributed by atoms with Gasteiger partial charge in [0.05, 0.1) is 19.3 Å².